The topological polar surface area (TPSA) is 12.0 Å². The highest BCUT2D eigenvalue weighted by Gasteiger charge is 2.17. The van der Waals surface area contributed by atoms with E-state index < -0.39 is 0 Å². The molecular weight excluding hydrogens is 361 g/mol. The van der Waals surface area contributed by atoms with Crippen LogP contribution in [0, 0.1) is 12.7 Å². The molecule has 0 bridgehead atoms. The number of hydrogen-bond donors (Lipinski definition) is 1. The first-order valence-electron chi connectivity index (χ1n) is 6.44. The molecule has 20 heavy (non-hydrogen) atoms. The lowest BCUT2D eigenvalue weighted by atomic mass is 10.0. The summed E-state index contributed by atoms with van der Waals surface area (Å²) >= 11 is 11.4. The maximum absolute atomic E-state index is 13.4. The Bertz CT molecular complexity index is 580. The van der Waals surface area contributed by atoms with Crippen LogP contribution < -0.4 is 5.32 Å². The highest BCUT2D eigenvalue weighted by molar-refractivity contribution is 9.11. The van der Waals surface area contributed by atoms with Crippen molar-refractivity contribution in [3.05, 3.63) is 54.9 Å². The largest absolute Gasteiger partial charge is 0.309 e. The van der Waals surface area contributed by atoms with E-state index in [2.05, 4.69) is 41.2 Å². The van der Waals surface area contributed by atoms with E-state index in [0.717, 1.165) is 15.9 Å². The van der Waals surface area contributed by atoms with Crippen molar-refractivity contribution in [3.63, 3.8) is 0 Å². The Labute approximate surface area is 136 Å². The van der Waals surface area contributed by atoms with Crippen molar-refractivity contribution in [3.8, 4) is 0 Å². The Morgan fingerprint density at radius 3 is 2.75 bits per heavy atom. The van der Waals surface area contributed by atoms with Crippen molar-refractivity contribution in [2.75, 3.05) is 6.54 Å². The monoisotopic (exact) mass is 375 g/mol. The van der Waals surface area contributed by atoms with Gasteiger partial charge in [0.2, 0.25) is 0 Å². The SMILES string of the molecule is CCNC(Cc1cc(F)ccc1Cl)c1cc(C)c(Br)s1. The second-order valence-electron chi connectivity index (χ2n) is 4.66. The molecule has 2 aromatic rings. The zero-order chi connectivity index (χ0) is 14.7. The second-order valence-corrected chi connectivity index (χ2v) is 7.46. The molecule has 0 amide bonds. The summed E-state index contributed by atoms with van der Waals surface area (Å²) in [4.78, 5) is 1.23. The van der Waals surface area contributed by atoms with E-state index in [0.29, 0.717) is 11.4 Å². The van der Waals surface area contributed by atoms with Gasteiger partial charge in [-0.2, -0.15) is 0 Å². The lowest BCUT2D eigenvalue weighted by Crippen LogP contribution is -2.22. The molecule has 1 N–H and O–H groups in total. The van der Waals surface area contributed by atoms with Crippen LogP contribution >= 0.6 is 38.9 Å². The third kappa shape index (κ3) is 3.82. The van der Waals surface area contributed by atoms with Gasteiger partial charge in [-0.1, -0.05) is 18.5 Å². The number of rotatable bonds is 5. The van der Waals surface area contributed by atoms with Gasteiger partial charge in [0.15, 0.2) is 0 Å². The van der Waals surface area contributed by atoms with Gasteiger partial charge in [0.1, 0.15) is 5.82 Å². The molecule has 1 atom stereocenters. The molecule has 0 aliphatic heterocycles. The Balaban J connectivity index is 2.27. The fourth-order valence-electron chi connectivity index (χ4n) is 2.09. The molecule has 2 rings (SSSR count). The van der Waals surface area contributed by atoms with Gasteiger partial charge in [-0.05, 0) is 71.2 Å². The summed E-state index contributed by atoms with van der Waals surface area (Å²) in [5.41, 5.74) is 2.05. The van der Waals surface area contributed by atoms with Gasteiger partial charge < -0.3 is 5.32 Å². The number of likely N-dealkylation sites (N-methyl/N-ethyl adjacent to an activating group) is 1. The number of thiophene rings is 1. The molecule has 0 fully saturated rings. The van der Waals surface area contributed by atoms with Crippen molar-refractivity contribution < 1.29 is 4.39 Å². The van der Waals surface area contributed by atoms with E-state index in [1.807, 2.05) is 0 Å². The predicted molar refractivity (Wildman–Crippen MR) is 88.3 cm³/mol. The zero-order valence-electron chi connectivity index (χ0n) is 11.3. The minimum absolute atomic E-state index is 0.147. The molecule has 1 unspecified atom stereocenters. The number of nitrogens with one attached hydrogen (secondary N) is 1. The molecule has 1 heterocycles. The highest BCUT2D eigenvalue weighted by atomic mass is 79.9. The molecule has 0 aliphatic rings. The van der Waals surface area contributed by atoms with E-state index in [1.165, 1.54) is 22.6 Å². The van der Waals surface area contributed by atoms with Crippen LogP contribution in [-0.2, 0) is 6.42 Å². The van der Waals surface area contributed by atoms with Crippen molar-refractivity contribution in [1.82, 2.24) is 5.32 Å². The molecular formula is C15H16BrClFNS. The van der Waals surface area contributed by atoms with Gasteiger partial charge in [0, 0.05) is 15.9 Å². The minimum atomic E-state index is -0.247. The van der Waals surface area contributed by atoms with Gasteiger partial charge >= 0.3 is 0 Å². The van der Waals surface area contributed by atoms with Crippen LogP contribution in [-0.4, -0.2) is 6.54 Å². The van der Waals surface area contributed by atoms with Crippen LogP contribution in [0.2, 0.25) is 5.02 Å². The van der Waals surface area contributed by atoms with E-state index in [1.54, 1.807) is 17.4 Å². The Morgan fingerprint density at radius 1 is 1.40 bits per heavy atom. The fraction of sp³-hybridized carbons (Fsp3) is 0.333. The molecule has 0 spiro atoms. The van der Waals surface area contributed by atoms with Crippen molar-refractivity contribution >= 4 is 38.9 Å². The summed E-state index contributed by atoms with van der Waals surface area (Å²) in [5.74, 6) is -0.247. The number of hydrogen-bond acceptors (Lipinski definition) is 2. The lowest BCUT2D eigenvalue weighted by molar-refractivity contribution is 0.554. The van der Waals surface area contributed by atoms with Gasteiger partial charge in [0.25, 0.3) is 0 Å². The first kappa shape index (κ1) is 16.0. The van der Waals surface area contributed by atoms with Crippen LogP contribution in [0.4, 0.5) is 4.39 Å². The average Bonchev–Trinajstić information content (AvgIpc) is 2.73. The molecule has 0 saturated heterocycles. The van der Waals surface area contributed by atoms with Gasteiger partial charge in [0.05, 0.1) is 3.79 Å². The van der Waals surface area contributed by atoms with E-state index in [9.17, 15) is 4.39 Å². The summed E-state index contributed by atoms with van der Waals surface area (Å²) in [5, 5.41) is 4.06. The predicted octanol–water partition coefficient (Wildman–Crippen LogP) is 5.50. The van der Waals surface area contributed by atoms with Crippen LogP contribution in [0.25, 0.3) is 0 Å². The Hall–Kier alpha value is -0.420. The van der Waals surface area contributed by atoms with E-state index in [4.69, 9.17) is 11.6 Å². The molecule has 0 radical (unpaired) electrons. The maximum Gasteiger partial charge on any atom is 0.123 e. The summed E-state index contributed by atoms with van der Waals surface area (Å²) < 4.78 is 14.5. The first-order valence-corrected chi connectivity index (χ1v) is 8.43. The Kier molecular flexibility index (Phi) is 5.61. The lowest BCUT2D eigenvalue weighted by Gasteiger charge is -2.17. The van der Waals surface area contributed by atoms with Crippen molar-refractivity contribution in [2.24, 2.45) is 0 Å². The summed E-state index contributed by atoms with van der Waals surface area (Å²) in [6, 6.07) is 6.83. The van der Waals surface area contributed by atoms with E-state index in [-0.39, 0.29) is 11.9 Å². The quantitative estimate of drug-likeness (QED) is 0.726. The third-order valence-electron chi connectivity index (χ3n) is 3.10. The normalized spacial score (nSPS) is 12.7. The zero-order valence-corrected chi connectivity index (χ0v) is 14.5. The van der Waals surface area contributed by atoms with Crippen molar-refractivity contribution in [1.29, 1.82) is 0 Å². The minimum Gasteiger partial charge on any atom is -0.309 e. The van der Waals surface area contributed by atoms with Crippen LogP contribution in [0.5, 0.6) is 0 Å². The summed E-state index contributed by atoms with van der Waals surface area (Å²) in [6.45, 7) is 4.99. The standard InChI is InChI=1S/C15H16BrClFNS/c1-3-19-13(14-6-9(2)15(16)20-14)8-10-7-11(18)4-5-12(10)17/h4-7,13,19H,3,8H2,1-2H3. The fourth-order valence-corrected chi connectivity index (χ4v) is 3.94. The molecule has 1 aromatic heterocycles. The smallest absolute Gasteiger partial charge is 0.123 e. The third-order valence-corrected chi connectivity index (χ3v) is 5.72. The van der Waals surface area contributed by atoms with Crippen LogP contribution in [0.1, 0.15) is 29.0 Å². The second kappa shape index (κ2) is 7.03. The molecule has 0 aliphatic carbocycles. The highest BCUT2D eigenvalue weighted by Crippen LogP contribution is 2.33. The van der Waals surface area contributed by atoms with Crippen LogP contribution in [0.15, 0.2) is 28.1 Å². The van der Waals surface area contributed by atoms with Gasteiger partial charge in [-0.3, -0.25) is 0 Å². The van der Waals surface area contributed by atoms with Crippen LogP contribution in [0.3, 0.4) is 0 Å². The number of benzene rings is 1. The van der Waals surface area contributed by atoms with Crippen molar-refractivity contribution in [2.45, 2.75) is 26.3 Å². The van der Waals surface area contributed by atoms with Gasteiger partial charge in [-0.15, -0.1) is 11.3 Å². The molecule has 1 aromatic carbocycles. The van der Waals surface area contributed by atoms with Gasteiger partial charge in [-0.25, -0.2) is 4.39 Å². The summed E-state index contributed by atoms with van der Waals surface area (Å²) in [7, 11) is 0. The number of halogens is 3. The molecule has 1 nitrogen and oxygen atoms in total. The molecule has 108 valence electrons. The molecule has 5 heteroatoms. The Morgan fingerprint density at radius 2 is 2.15 bits per heavy atom. The first-order chi connectivity index (χ1) is 9.51. The average molecular weight is 377 g/mol. The summed E-state index contributed by atoms with van der Waals surface area (Å²) in [6.07, 6.45) is 0.677. The van der Waals surface area contributed by atoms with E-state index >= 15 is 0 Å². The molecule has 0 saturated carbocycles. The number of aryl methyl sites for hydroxylation is 1. The maximum atomic E-state index is 13.4.